The van der Waals surface area contributed by atoms with Crippen LogP contribution in [0.4, 0.5) is 5.69 Å². The molecule has 1 atom stereocenters. The zero-order chi connectivity index (χ0) is 20.9. The lowest BCUT2D eigenvalue weighted by Gasteiger charge is -2.34. The van der Waals surface area contributed by atoms with Crippen molar-refractivity contribution in [2.24, 2.45) is 0 Å². The topological polar surface area (TPSA) is 75.7 Å². The smallest absolute Gasteiger partial charge is 0.263 e. The second-order valence-electron chi connectivity index (χ2n) is 6.84. The number of carbonyl (C=O) groups is 1. The van der Waals surface area contributed by atoms with Crippen LogP contribution in [0.2, 0.25) is 0 Å². The van der Waals surface area contributed by atoms with E-state index in [1.54, 1.807) is 43.0 Å². The number of ether oxygens (including phenoxy) is 1. The first-order chi connectivity index (χ1) is 13.9. The molecule has 8 heteroatoms. The summed E-state index contributed by atoms with van der Waals surface area (Å²) in [6.45, 7) is 4.14. The van der Waals surface area contributed by atoms with Crippen molar-refractivity contribution in [3.8, 4) is 5.75 Å². The Balaban J connectivity index is 1.54. The van der Waals surface area contributed by atoms with Crippen LogP contribution in [0.3, 0.4) is 0 Å². The summed E-state index contributed by atoms with van der Waals surface area (Å²) in [4.78, 5) is 12.6. The molecule has 156 valence electrons. The fourth-order valence-electron chi connectivity index (χ4n) is 3.11. The first-order valence-corrected chi connectivity index (χ1v) is 12.3. The summed E-state index contributed by atoms with van der Waals surface area (Å²) >= 11 is 1.74. The van der Waals surface area contributed by atoms with Crippen LogP contribution >= 0.6 is 11.8 Å². The van der Waals surface area contributed by atoms with E-state index in [-0.39, 0.29) is 18.2 Å². The van der Waals surface area contributed by atoms with Gasteiger partial charge in [0.1, 0.15) is 5.75 Å². The lowest BCUT2D eigenvalue weighted by molar-refractivity contribution is -0.127. The molecule has 1 aliphatic rings. The maximum atomic E-state index is 12.6. The lowest BCUT2D eigenvalue weighted by Crippen LogP contribution is -2.51. The molecule has 29 heavy (non-hydrogen) atoms. The van der Waals surface area contributed by atoms with Gasteiger partial charge in [-0.3, -0.25) is 9.10 Å². The molecule has 1 amide bonds. The number of hydrogen-bond acceptors (Lipinski definition) is 5. The molecule has 0 aromatic heterocycles. The summed E-state index contributed by atoms with van der Waals surface area (Å²) in [5.74, 6) is 1.72. The number of thioether (sulfide) groups is 1. The fraction of sp³-hybridized carbons (Fsp3) is 0.381. The Hall–Kier alpha value is -2.19. The Morgan fingerprint density at radius 1 is 1.24 bits per heavy atom. The maximum absolute atomic E-state index is 12.6. The largest absolute Gasteiger partial charge is 0.476 e. The highest BCUT2D eigenvalue weighted by Gasteiger charge is 2.35. The molecule has 0 saturated carbocycles. The monoisotopic (exact) mass is 434 g/mol. The van der Waals surface area contributed by atoms with Crippen LogP contribution in [0.15, 0.2) is 48.5 Å². The minimum absolute atomic E-state index is 0.0184. The summed E-state index contributed by atoms with van der Waals surface area (Å²) in [5.41, 5.74) is 2.97. The molecule has 1 heterocycles. The number of nitrogens with one attached hydrogen (secondary N) is 1. The number of sulfonamides is 1. The molecule has 0 aliphatic carbocycles. The minimum Gasteiger partial charge on any atom is -0.476 e. The van der Waals surface area contributed by atoms with E-state index in [9.17, 15) is 13.2 Å². The Morgan fingerprint density at radius 3 is 2.79 bits per heavy atom. The number of anilines is 1. The number of carbonyl (C=O) groups excluding carboxylic acids is 1. The van der Waals surface area contributed by atoms with Gasteiger partial charge in [0.15, 0.2) is 6.10 Å². The van der Waals surface area contributed by atoms with Crippen molar-refractivity contribution in [3.05, 3.63) is 59.7 Å². The van der Waals surface area contributed by atoms with Crippen molar-refractivity contribution in [1.82, 2.24) is 5.32 Å². The van der Waals surface area contributed by atoms with Crippen molar-refractivity contribution in [2.75, 3.05) is 28.9 Å². The van der Waals surface area contributed by atoms with Crippen molar-refractivity contribution in [3.63, 3.8) is 0 Å². The van der Waals surface area contributed by atoms with E-state index in [1.165, 1.54) is 15.4 Å². The van der Waals surface area contributed by atoms with Gasteiger partial charge in [0, 0.05) is 18.1 Å². The third kappa shape index (κ3) is 5.45. The lowest BCUT2D eigenvalue weighted by atomic mass is 10.2. The van der Waals surface area contributed by atoms with Gasteiger partial charge in [-0.1, -0.05) is 42.0 Å². The summed E-state index contributed by atoms with van der Waals surface area (Å²) in [6.07, 6.45) is -0.868. The number of hydrogen-bond donors (Lipinski definition) is 1. The molecule has 0 spiro atoms. The Kier molecular flexibility index (Phi) is 7.08. The van der Waals surface area contributed by atoms with Crippen molar-refractivity contribution >= 4 is 33.4 Å². The standard InChI is InChI=1S/C21H26N2O4S2/c1-3-29(25,26)23-14-20(27-19-10-5-4-9-18(19)23)21(24)22-11-12-28-15-17-8-6-7-16(2)13-17/h4-10,13,20H,3,11-12,14-15H2,1-2H3,(H,22,24)/t20-/m1/s1. The highest BCUT2D eigenvalue weighted by molar-refractivity contribution is 7.98. The van der Waals surface area contributed by atoms with E-state index in [0.29, 0.717) is 18.0 Å². The number of amides is 1. The predicted molar refractivity (Wildman–Crippen MR) is 118 cm³/mol. The number of aryl methyl sites for hydroxylation is 1. The Bertz CT molecular complexity index is 963. The highest BCUT2D eigenvalue weighted by Crippen LogP contribution is 2.35. The van der Waals surface area contributed by atoms with Crippen LogP contribution in [0, 0.1) is 6.92 Å². The minimum atomic E-state index is -3.50. The van der Waals surface area contributed by atoms with E-state index < -0.39 is 16.1 Å². The average Bonchev–Trinajstić information content (AvgIpc) is 2.72. The van der Waals surface area contributed by atoms with Gasteiger partial charge in [0.05, 0.1) is 18.0 Å². The van der Waals surface area contributed by atoms with E-state index in [4.69, 9.17) is 4.74 Å². The zero-order valence-electron chi connectivity index (χ0n) is 16.6. The number of nitrogens with zero attached hydrogens (tertiary/aromatic N) is 1. The number of para-hydroxylation sites is 2. The first kappa shape index (κ1) is 21.5. The van der Waals surface area contributed by atoms with Gasteiger partial charge < -0.3 is 10.1 Å². The quantitative estimate of drug-likeness (QED) is 0.647. The van der Waals surface area contributed by atoms with Gasteiger partial charge in [0.25, 0.3) is 5.91 Å². The molecule has 0 unspecified atom stereocenters. The molecule has 6 nitrogen and oxygen atoms in total. The second-order valence-corrected chi connectivity index (χ2v) is 10.1. The van der Waals surface area contributed by atoms with Gasteiger partial charge in [-0.2, -0.15) is 11.8 Å². The molecule has 0 saturated heterocycles. The summed E-state index contributed by atoms with van der Waals surface area (Å²) in [5, 5.41) is 2.86. The normalized spacial score (nSPS) is 16.1. The molecule has 0 radical (unpaired) electrons. The van der Waals surface area contributed by atoms with Gasteiger partial charge in [-0.05, 0) is 31.5 Å². The third-order valence-electron chi connectivity index (χ3n) is 4.62. The van der Waals surface area contributed by atoms with E-state index in [2.05, 4.69) is 30.4 Å². The summed E-state index contributed by atoms with van der Waals surface area (Å²) in [7, 11) is -3.50. The van der Waals surface area contributed by atoms with Crippen molar-refractivity contribution in [1.29, 1.82) is 0 Å². The van der Waals surface area contributed by atoms with Crippen LogP contribution < -0.4 is 14.4 Å². The maximum Gasteiger partial charge on any atom is 0.263 e. The average molecular weight is 435 g/mol. The Labute approximate surface area is 176 Å². The van der Waals surface area contributed by atoms with Crippen LogP contribution in [0.1, 0.15) is 18.1 Å². The molecule has 0 bridgehead atoms. The fourth-order valence-corrected chi connectivity index (χ4v) is 5.04. The van der Waals surface area contributed by atoms with Crippen LogP contribution in [0.5, 0.6) is 5.75 Å². The van der Waals surface area contributed by atoms with Gasteiger partial charge >= 0.3 is 0 Å². The Morgan fingerprint density at radius 2 is 2.03 bits per heavy atom. The van der Waals surface area contributed by atoms with Gasteiger partial charge in [-0.25, -0.2) is 8.42 Å². The van der Waals surface area contributed by atoms with Crippen LogP contribution in [-0.4, -0.2) is 45.0 Å². The van der Waals surface area contributed by atoms with E-state index in [0.717, 1.165) is 11.5 Å². The molecular weight excluding hydrogens is 408 g/mol. The predicted octanol–water partition coefficient (Wildman–Crippen LogP) is 2.96. The highest BCUT2D eigenvalue weighted by atomic mass is 32.2. The molecule has 2 aromatic carbocycles. The summed E-state index contributed by atoms with van der Waals surface area (Å²) < 4.78 is 32.0. The van der Waals surface area contributed by atoms with Crippen LogP contribution in [-0.2, 0) is 20.6 Å². The second kappa shape index (κ2) is 9.54. The molecule has 1 aliphatic heterocycles. The van der Waals surface area contributed by atoms with E-state index >= 15 is 0 Å². The molecule has 3 rings (SSSR count). The summed E-state index contributed by atoms with van der Waals surface area (Å²) in [6, 6.07) is 15.3. The first-order valence-electron chi connectivity index (χ1n) is 9.58. The number of benzene rings is 2. The van der Waals surface area contributed by atoms with Gasteiger partial charge in [-0.15, -0.1) is 0 Å². The third-order valence-corrected chi connectivity index (χ3v) is 7.40. The SMILES string of the molecule is CCS(=O)(=O)N1C[C@H](C(=O)NCCSCc2cccc(C)c2)Oc2ccccc21. The van der Waals surface area contributed by atoms with E-state index in [1.807, 2.05) is 6.07 Å². The van der Waals surface area contributed by atoms with Crippen molar-refractivity contribution < 1.29 is 17.9 Å². The van der Waals surface area contributed by atoms with Crippen molar-refractivity contribution in [2.45, 2.75) is 25.7 Å². The zero-order valence-corrected chi connectivity index (χ0v) is 18.3. The molecule has 2 aromatic rings. The number of fused-ring (bicyclic) bond motifs is 1. The molecule has 1 N–H and O–H groups in total. The molecule has 0 fully saturated rings. The molecular formula is C21H26N2O4S2. The number of rotatable bonds is 8. The van der Waals surface area contributed by atoms with Crippen LogP contribution in [0.25, 0.3) is 0 Å². The van der Waals surface area contributed by atoms with Gasteiger partial charge in [0.2, 0.25) is 10.0 Å².